The van der Waals surface area contributed by atoms with Crippen molar-refractivity contribution in [2.45, 2.75) is 44.8 Å². The molecule has 2 atom stereocenters. The Morgan fingerprint density at radius 3 is 2.72 bits per heavy atom. The molecule has 104 valence electrons. The van der Waals surface area contributed by atoms with E-state index >= 15 is 0 Å². The summed E-state index contributed by atoms with van der Waals surface area (Å²) in [6.45, 7) is 4.81. The van der Waals surface area contributed by atoms with E-state index in [1.54, 1.807) is 0 Å². The smallest absolute Gasteiger partial charge is 0.222 e. The van der Waals surface area contributed by atoms with Crippen molar-refractivity contribution in [3.8, 4) is 0 Å². The molecule has 0 N–H and O–H groups in total. The Kier molecular flexibility index (Phi) is 4.62. The van der Waals surface area contributed by atoms with Gasteiger partial charge in [-0.05, 0) is 39.3 Å². The molecule has 1 amide bonds. The lowest BCUT2D eigenvalue weighted by Gasteiger charge is -2.43. The first-order chi connectivity index (χ1) is 8.60. The third-order valence-corrected chi connectivity index (χ3v) is 4.34. The second kappa shape index (κ2) is 6.02. The average molecular weight is 254 g/mol. The molecule has 0 aliphatic carbocycles. The van der Waals surface area contributed by atoms with Crippen molar-refractivity contribution in [3.05, 3.63) is 0 Å². The summed E-state index contributed by atoms with van der Waals surface area (Å²) in [5.74, 6) is 0.879. The molecule has 0 aromatic carbocycles. The van der Waals surface area contributed by atoms with E-state index in [1.807, 2.05) is 4.90 Å². The van der Waals surface area contributed by atoms with Gasteiger partial charge in [-0.3, -0.25) is 4.79 Å². The fraction of sp³-hybridized carbons (Fsp3) is 0.929. The first-order valence-electron chi connectivity index (χ1n) is 7.16. The van der Waals surface area contributed by atoms with Crippen LogP contribution < -0.4 is 0 Å². The number of hydrogen-bond donors (Lipinski definition) is 0. The molecule has 18 heavy (non-hydrogen) atoms. The highest BCUT2D eigenvalue weighted by Crippen LogP contribution is 2.26. The molecule has 0 spiro atoms. The fourth-order valence-corrected chi connectivity index (χ4v) is 2.79. The summed E-state index contributed by atoms with van der Waals surface area (Å²) in [6, 6.07) is 0.562. The number of carbonyl (C=O) groups excluding carboxylic acids is 1. The molecule has 2 saturated heterocycles. The Balaban J connectivity index is 1.72. The summed E-state index contributed by atoms with van der Waals surface area (Å²) in [4.78, 5) is 16.3. The highest BCUT2D eigenvalue weighted by Gasteiger charge is 2.33. The van der Waals surface area contributed by atoms with Crippen LogP contribution in [0.5, 0.6) is 0 Å². The zero-order valence-electron chi connectivity index (χ0n) is 11.9. The van der Waals surface area contributed by atoms with E-state index in [0.29, 0.717) is 24.0 Å². The van der Waals surface area contributed by atoms with Crippen molar-refractivity contribution in [1.29, 1.82) is 0 Å². The van der Waals surface area contributed by atoms with Gasteiger partial charge >= 0.3 is 0 Å². The third-order valence-electron chi connectivity index (χ3n) is 4.34. The number of nitrogens with zero attached hydrogens (tertiary/aromatic N) is 2. The molecule has 2 unspecified atom stereocenters. The van der Waals surface area contributed by atoms with E-state index in [0.717, 1.165) is 45.4 Å². The van der Waals surface area contributed by atoms with Crippen LogP contribution in [-0.2, 0) is 9.53 Å². The van der Waals surface area contributed by atoms with Gasteiger partial charge in [-0.15, -0.1) is 0 Å². The molecule has 0 bridgehead atoms. The quantitative estimate of drug-likeness (QED) is 0.759. The normalized spacial score (nSPS) is 29.4. The molecule has 2 fully saturated rings. The van der Waals surface area contributed by atoms with Gasteiger partial charge < -0.3 is 14.5 Å². The second-order valence-electron chi connectivity index (χ2n) is 5.91. The van der Waals surface area contributed by atoms with Gasteiger partial charge in [0.15, 0.2) is 0 Å². The summed E-state index contributed by atoms with van der Waals surface area (Å²) in [5, 5.41) is 0. The minimum Gasteiger partial charge on any atom is -0.378 e. The number of likely N-dealkylation sites (N-methyl/N-ethyl adjacent to an activating group) is 1. The highest BCUT2D eigenvalue weighted by atomic mass is 16.5. The van der Waals surface area contributed by atoms with Crippen LogP contribution in [0.25, 0.3) is 0 Å². The first kappa shape index (κ1) is 13.8. The molecule has 0 aromatic heterocycles. The van der Waals surface area contributed by atoms with E-state index in [9.17, 15) is 4.79 Å². The number of ether oxygens (including phenoxy) is 1. The molecule has 4 heteroatoms. The molecule has 0 aromatic rings. The van der Waals surface area contributed by atoms with Crippen LogP contribution in [0, 0.1) is 5.92 Å². The van der Waals surface area contributed by atoms with Gasteiger partial charge in [-0.25, -0.2) is 0 Å². The molecule has 2 rings (SSSR count). The number of carbonyl (C=O) groups is 1. The molecule has 2 heterocycles. The Hall–Kier alpha value is -0.610. The van der Waals surface area contributed by atoms with Gasteiger partial charge in [0, 0.05) is 32.2 Å². The van der Waals surface area contributed by atoms with Crippen LogP contribution in [-0.4, -0.2) is 61.6 Å². The summed E-state index contributed by atoms with van der Waals surface area (Å²) < 4.78 is 5.66. The van der Waals surface area contributed by atoms with Crippen molar-refractivity contribution < 1.29 is 9.53 Å². The van der Waals surface area contributed by atoms with Crippen LogP contribution >= 0.6 is 0 Å². The van der Waals surface area contributed by atoms with Crippen LogP contribution in [0.2, 0.25) is 0 Å². The second-order valence-corrected chi connectivity index (χ2v) is 5.91. The van der Waals surface area contributed by atoms with Crippen molar-refractivity contribution in [3.63, 3.8) is 0 Å². The van der Waals surface area contributed by atoms with Crippen LogP contribution in [0.15, 0.2) is 0 Å². The van der Waals surface area contributed by atoms with E-state index in [-0.39, 0.29) is 0 Å². The van der Waals surface area contributed by atoms with Gasteiger partial charge in [-0.2, -0.15) is 0 Å². The molecular weight excluding hydrogens is 228 g/mol. The molecule has 2 aliphatic heterocycles. The Labute approximate surface area is 110 Å². The molecule has 0 saturated carbocycles. The number of hydrogen-bond acceptors (Lipinski definition) is 3. The lowest BCUT2D eigenvalue weighted by atomic mass is 9.90. The lowest BCUT2D eigenvalue weighted by molar-refractivity contribution is -0.140. The zero-order valence-corrected chi connectivity index (χ0v) is 11.9. The minimum atomic E-state index is 0.342. The molecule has 0 radical (unpaired) electrons. The zero-order chi connectivity index (χ0) is 13.1. The predicted octanol–water partition coefficient (Wildman–Crippen LogP) is 1.35. The van der Waals surface area contributed by atoms with Crippen LogP contribution in [0.1, 0.15) is 32.6 Å². The Morgan fingerprint density at radius 2 is 2.11 bits per heavy atom. The van der Waals surface area contributed by atoms with E-state index < -0.39 is 0 Å². The maximum atomic E-state index is 12.1. The van der Waals surface area contributed by atoms with Crippen molar-refractivity contribution in [2.75, 3.05) is 33.8 Å². The third kappa shape index (κ3) is 3.23. The molecular formula is C14H26N2O2. The first-order valence-corrected chi connectivity index (χ1v) is 7.16. The maximum Gasteiger partial charge on any atom is 0.222 e. The highest BCUT2D eigenvalue weighted by molar-refractivity contribution is 5.77. The van der Waals surface area contributed by atoms with Crippen molar-refractivity contribution in [2.24, 2.45) is 5.92 Å². The topological polar surface area (TPSA) is 32.8 Å². The number of amides is 1. The van der Waals surface area contributed by atoms with E-state index in [1.165, 1.54) is 0 Å². The largest absolute Gasteiger partial charge is 0.378 e. The lowest BCUT2D eigenvalue weighted by Crippen LogP contribution is -2.59. The van der Waals surface area contributed by atoms with Crippen molar-refractivity contribution >= 4 is 5.91 Å². The summed E-state index contributed by atoms with van der Waals surface area (Å²) in [7, 11) is 4.16. The van der Waals surface area contributed by atoms with Gasteiger partial charge in [0.2, 0.25) is 5.91 Å². The van der Waals surface area contributed by atoms with Crippen molar-refractivity contribution in [1.82, 2.24) is 9.80 Å². The van der Waals surface area contributed by atoms with Gasteiger partial charge in [0.1, 0.15) is 0 Å². The van der Waals surface area contributed by atoms with Crippen LogP contribution in [0.3, 0.4) is 0 Å². The van der Waals surface area contributed by atoms with E-state index in [2.05, 4.69) is 25.9 Å². The van der Waals surface area contributed by atoms with E-state index in [4.69, 9.17) is 4.74 Å². The Bertz CT molecular complexity index is 288. The number of rotatable bonds is 4. The summed E-state index contributed by atoms with van der Waals surface area (Å²) in [5.41, 5.74) is 0. The molecule has 2 aliphatic rings. The molecule has 4 nitrogen and oxygen atoms in total. The standard InChI is InChI=1S/C14H26N2O2/c1-4-13-7-11(5-6-18-13)8-14(17)16-9-12(10-16)15(2)3/h11-13H,4-10H2,1-3H3. The number of likely N-dealkylation sites (tertiary alicyclic amines) is 1. The monoisotopic (exact) mass is 254 g/mol. The van der Waals surface area contributed by atoms with Gasteiger partial charge in [0.05, 0.1) is 6.10 Å². The SMILES string of the molecule is CCC1CC(CC(=O)N2CC(N(C)C)C2)CCO1. The average Bonchev–Trinajstić information content (AvgIpc) is 2.26. The fourth-order valence-electron chi connectivity index (χ4n) is 2.79. The van der Waals surface area contributed by atoms with Crippen LogP contribution in [0.4, 0.5) is 0 Å². The predicted molar refractivity (Wildman–Crippen MR) is 71.4 cm³/mol. The Morgan fingerprint density at radius 1 is 1.39 bits per heavy atom. The van der Waals surface area contributed by atoms with Gasteiger partial charge in [-0.1, -0.05) is 6.92 Å². The summed E-state index contributed by atoms with van der Waals surface area (Å²) >= 11 is 0. The minimum absolute atomic E-state index is 0.342. The maximum absolute atomic E-state index is 12.1. The van der Waals surface area contributed by atoms with Gasteiger partial charge in [0.25, 0.3) is 0 Å². The summed E-state index contributed by atoms with van der Waals surface area (Å²) in [6.07, 6.45) is 4.28.